The molecule has 0 fully saturated rings. The summed E-state index contributed by atoms with van der Waals surface area (Å²) in [4.78, 5) is 11.5. The summed E-state index contributed by atoms with van der Waals surface area (Å²) in [6, 6.07) is 4.70. The molecule has 0 aliphatic rings. The number of rotatable bonds is 5. The molecule has 1 rings (SSSR count). The molecule has 0 spiro atoms. The minimum atomic E-state index is -1.19. The molecule has 1 aromatic rings. The topological polar surface area (TPSA) is 114 Å². The van der Waals surface area contributed by atoms with Crippen LogP contribution in [0.1, 0.15) is 32.4 Å². The second-order valence-electron chi connectivity index (χ2n) is 5.90. The second kappa shape index (κ2) is 7.33. The van der Waals surface area contributed by atoms with Gasteiger partial charge in [-0.25, -0.2) is 4.79 Å². The number of anilines is 1. The summed E-state index contributed by atoms with van der Waals surface area (Å²) in [6.45, 7) is 5.05. The number of nitrogen functional groups attached to an aromatic ring is 1. The highest BCUT2D eigenvalue weighted by molar-refractivity contribution is 5.67. The number of methoxy groups -OCH3 is 1. The van der Waals surface area contributed by atoms with Crippen LogP contribution in [0.25, 0.3) is 0 Å². The molecule has 0 radical (unpaired) electrons. The van der Waals surface area contributed by atoms with Gasteiger partial charge in [-0.05, 0) is 38.5 Å². The maximum absolute atomic E-state index is 11.5. The molecule has 0 aliphatic carbocycles. The Kier molecular flexibility index (Phi) is 6.01. The van der Waals surface area contributed by atoms with E-state index in [4.69, 9.17) is 15.2 Å². The molecule has 0 aromatic heterocycles. The standard InChI is InChI=1S/C15H24N2O5/c1-15(2,3)22-14(20)17-8-11(18)13(19)9-5-6-10(16)12(7-9)21-4/h5-7,11,13,18-19H,8,16H2,1-4H3,(H,17,20). The van der Waals surface area contributed by atoms with E-state index < -0.39 is 23.9 Å². The molecule has 7 heteroatoms. The fourth-order valence-electron chi connectivity index (χ4n) is 1.75. The van der Waals surface area contributed by atoms with Gasteiger partial charge in [-0.3, -0.25) is 0 Å². The lowest BCUT2D eigenvalue weighted by Crippen LogP contribution is -2.38. The third kappa shape index (κ3) is 5.42. The number of aliphatic hydroxyl groups is 2. The molecule has 22 heavy (non-hydrogen) atoms. The number of hydrogen-bond acceptors (Lipinski definition) is 6. The van der Waals surface area contributed by atoms with Crippen LogP contribution in [-0.4, -0.2) is 41.7 Å². The second-order valence-corrected chi connectivity index (χ2v) is 5.90. The van der Waals surface area contributed by atoms with Crippen molar-refractivity contribution in [1.29, 1.82) is 0 Å². The third-order valence-electron chi connectivity index (χ3n) is 2.82. The van der Waals surface area contributed by atoms with Crippen LogP contribution in [0.15, 0.2) is 18.2 Å². The van der Waals surface area contributed by atoms with E-state index in [2.05, 4.69) is 5.32 Å². The van der Waals surface area contributed by atoms with Crippen molar-refractivity contribution >= 4 is 11.8 Å². The number of nitrogens with one attached hydrogen (secondary N) is 1. The van der Waals surface area contributed by atoms with Crippen molar-refractivity contribution in [3.05, 3.63) is 23.8 Å². The summed E-state index contributed by atoms with van der Waals surface area (Å²) in [5.41, 5.74) is 5.93. The van der Waals surface area contributed by atoms with E-state index >= 15 is 0 Å². The summed E-state index contributed by atoms with van der Waals surface area (Å²) in [7, 11) is 1.46. The summed E-state index contributed by atoms with van der Waals surface area (Å²) in [5.74, 6) is 0.406. The first-order valence-corrected chi connectivity index (χ1v) is 6.90. The Morgan fingerprint density at radius 1 is 1.36 bits per heavy atom. The van der Waals surface area contributed by atoms with Crippen LogP contribution >= 0.6 is 0 Å². The zero-order valence-electron chi connectivity index (χ0n) is 13.3. The van der Waals surface area contributed by atoms with Crippen molar-refractivity contribution in [2.45, 2.75) is 38.6 Å². The van der Waals surface area contributed by atoms with Crippen molar-refractivity contribution in [3.63, 3.8) is 0 Å². The number of hydrogen-bond donors (Lipinski definition) is 4. The Bertz CT molecular complexity index is 513. The molecular formula is C15H24N2O5. The van der Waals surface area contributed by atoms with Crippen LogP contribution in [0.4, 0.5) is 10.5 Å². The van der Waals surface area contributed by atoms with Gasteiger partial charge in [-0.15, -0.1) is 0 Å². The normalized spacial score (nSPS) is 14.1. The van der Waals surface area contributed by atoms with E-state index in [0.717, 1.165) is 0 Å². The van der Waals surface area contributed by atoms with Gasteiger partial charge in [0.1, 0.15) is 23.6 Å². The summed E-state index contributed by atoms with van der Waals surface area (Å²) >= 11 is 0. The fourth-order valence-corrected chi connectivity index (χ4v) is 1.75. The van der Waals surface area contributed by atoms with Gasteiger partial charge >= 0.3 is 6.09 Å². The monoisotopic (exact) mass is 312 g/mol. The first kappa shape index (κ1) is 18.1. The minimum absolute atomic E-state index is 0.150. The Morgan fingerprint density at radius 3 is 2.55 bits per heavy atom. The van der Waals surface area contributed by atoms with Gasteiger partial charge in [-0.2, -0.15) is 0 Å². The number of nitrogens with two attached hydrogens (primary N) is 1. The van der Waals surface area contributed by atoms with Gasteiger partial charge in [0.2, 0.25) is 0 Å². The average Bonchev–Trinajstić information content (AvgIpc) is 2.42. The molecular weight excluding hydrogens is 288 g/mol. The van der Waals surface area contributed by atoms with Crippen LogP contribution in [0.5, 0.6) is 5.75 Å². The first-order chi connectivity index (χ1) is 10.1. The highest BCUT2D eigenvalue weighted by Crippen LogP contribution is 2.27. The zero-order chi connectivity index (χ0) is 16.9. The highest BCUT2D eigenvalue weighted by Gasteiger charge is 2.22. The number of ether oxygens (including phenoxy) is 2. The van der Waals surface area contributed by atoms with Crippen molar-refractivity contribution < 1.29 is 24.5 Å². The average molecular weight is 312 g/mol. The van der Waals surface area contributed by atoms with Crippen molar-refractivity contribution in [2.75, 3.05) is 19.4 Å². The van der Waals surface area contributed by atoms with Crippen LogP contribution < -0.4 is 15.8 Å². The van der Waals surface area contributed by atoms with E-state index in [9.17, 15) is 15.0 Å². The van der Waals surface area contributed by atoms with Gasteiger partial charge in [-0.1, -0.05) is 6.07 Å². The highest BCUT2D eigenvalue weighted by atomic mass is 16.6. The molecule has 0 aliphatic heterocycles. The van der Waals surface area contributed by atoms with Gasteiger partial charge in [0.25, 0.3) is 0 Å². The Morgan fingerprint density at radius 2 is 2.00 bits per heavy atom. The molecule has 2 unspecified atom stereocenters. The number of carbonyl (C=O) groups excluding carboxylic acids is 1. The van der Waals surface area contributed by atoms with Crippen molar-refractivity contribution in [1.82, 2.24) is 5.32 Å². The van der Waals surface area contributed by atoms with Gasteiger partial charge in [0, 0.05) is 6.54 Å². The maximum Gasteiger partial charge on any atom is 0.407 e. The lowest BCUT2D eigenvalue weighted by Gasteiger charge is -2.22. The molecule has 0 saturated heterocycles. The molecule has 0 saturated carbocycles. The Balaban J connectivity index is 2.62. The largest absolute Gasteiger partial charge is 0.495 e. The molecule has 5 N–H and O–H groups in total. The summed E-state index contributed by atoms with van der Waals surface area (Å²) in [6.07, 6.45) is -3.04. The maximum atomic E-state index is 11.5. The van der Waals surface area contributed by atoms with Gasteiger partial charge in [0.15, 0.2) is 0 Å². The van der Waals surface area contributed by atoms with E-state index in [1.807, 2.05) is 0 Å². The molecule has 1 amide bonds. The zero-order valence-corrected chi connectivity index (χ0v) is 13.3. The van der Waals surface area contributed by atoms with Crippen LogP contribution in [0.3, 0.4) is 0 Å². The smallest absolute Gasteiger partial charge is 0.407 e. The lowest BCUT2D eigenvalue weighted by molar-refractivity contribution is 0.0128. The van der Waals surface area contributed by atoms with Crippen molar-refractivity contribution in [2.24, 2.45) is 0 Å². The molecule has 124 valence electrons. The van der Waals surface area contributed by atoms with Gasteiger partial charge < -0.3 is 30.7 Å². The van der Waals surface area contributed by atoms with Gasteiger partial charge in [0.05, 0.1) is 12.8 Å². The number of benzene rings is 1. The van der Waals surface area contributed by atoms with E-state index in [0.29, 0.717) is 17.0 Å². The molecule has 7 nitrogen and oxygen atoms in total. The number of aliphatic hydroxyl groups excluding tert-OH is 2. The van der Waals surface area contributed by atoms with E-state index in [-0.39, 0.29) is 6.54 Å². The van der Waals surface area contributed by atoms with E-state index in [1.54, 1.807) is 32.9 Å². The molecule has 0 bridgehead atoms. The van der Waals surface area contributed by atoms with Crippen LogP contribution in [0, 0.1) is 0 Å². The number of alkyl carbamates (subject to hydrolysis) is 1. The lowest BCUT2D eigenvalue weighted by atomic mass is 10.0. The molecule has 0 heterocycles. The predicted octanol–water partition coefficient (Wildman–Crippen LogP) is 1.20. The first-order valence-electron chi connectivity index (χ1n) is 6.90. The SMILES string of the molecule is COc1cc(C(O)C(O)CNC(=O)OC(C)(C)C)ccc1N. The Hall–Kier alpha value is -1.99. The van der Waals surface area contributed by atoms with Crippen LogP contribution in [-0.2, 0) is 4.74 Å². The fraction of sp³-hybridized carbons (Fsp3) is 0.533. The van der Waals surface area contributed by atoms with E-state index in [1.165, 1.54) is 13.2 Å². The van der Waals surface area contributed by atoms with Crippen molar-refractivity contribution in [3.8, 4) is 5.75 Å². The predicted molar refractivity (Wildman–Crippen MR) is 82.6 cm³/mol. The number of amides is 1. The molecule has 2 atom stereocenters. The third-order valence-corrected chi connectivity index (χ3v) is 2.82. The minimum Gasteiger partial charge on any atom is -0.495 e. The summed E-state index contributed by atoms with van der Waals surface area (Å²) in [5, 5.41) is 22.5. The molecule has 1 aromatic carbocycles. The number of carbonyl (C=O) groups is 1. The van der Waals surface area contributed by atoms with Crippen LogP contribution in [0.2, 0.25) is 0 Å². The quantitative estimate of drug-likeness (QED) is 0.607. The Labute approximate surface area is 130 Å². The summed E-state index contributed by atoms with van der Waals surface area (Å²) < 4.78 is 10.1.